The maximum absolute atomic E-state index is 3.75. The third kappa shape index (κ3) is 12.7. The molecule has 0 rings (SSSR count). The highest BCUT2D eigenvalue weighted by atomic mass is 14.9. The van der Waals surface area contributed by atoms with Crippen molar-refractivity contribution < 1.29 is 0 Å². The van der Waals surface area contributed by atoms with Crippen molar-refractivity contribution in [2.24, 2.45) is 11.8 Å². The summed E-state index contributed by atoms with van der Waals surface area (Å²) in [5.74, 6) is 1.70. The average molecular weight is 270 g/mol. The van der Waals surface area contributed by atoms with Gasteiger partial charge in [0.15, 0.2) is 0 Å². The Balaban J connectivity index is 3.68. The minimum atomic E-state index is 0.309. The van der Waals surface area contributed by atoms with E-state index in [4.69, 9.17) is 0 Å². The highest BCUT2D eigenvalue weighted by Crippen LogP contribution is 2.22. The minimum absolute atomic E-state index is 0.309. The van der Waals surface area contributed by atoms with Gasteiger partial charge in [-0.05, 0) is 45.1 Å². The third-order valence-corrected chi connectivity index (χ3v) is 3.97. The zero-order valence-electron chi connectivity index (χ0n) is 14.5. The van der Waals surface area contributed by atoms with Crippen molar-refractivity contribution in [2.45, 2.75) is 98.4 Å². The Kier molecular flexibility index (Phi) is 10.7. The summed E-state index contributed by atoms with van der Waals surface area (Å²) in [6.45, 7) is 15.3. The van der Waals surface area contributed by atoms with Gasteiger partial charge in [0, 0.05) is 5.54 Å². The molecule has 0 bridgehead atoms. The standard InChI is InChI=1S/C18H39N/c1-7-8-9-10-14-19-18(5,6)15-17(4)13-11-12-16(2)3/h16-17,19H,7-15H2,1-6H3. The molecule has 1 N–H and O–H groups in total. The molecule has 1 atom stereocenters. The van der Waals surface area contributed by atoms with Crippen LogP contribution in [0.1, 0.15) is 92.9 Å². The zero-order chi connectivity index (χ0) is 14.7. The SMILES string of the molecule is CCCCCCNC(C)(C)CC(C)CCCC(C)C. The molecule has 0 aliphatic heterocycles. The minimum Gasteiger partial charge on any atom is -0.312 e. The molecular weight excluding hydrogens is 230 g/mol. The molecular formula is C18H39N. The van der Waals surface area contributed by atoms with Crippen LogP contribution in [0.25, 0.3) is 0 Å². The van der Waals surface area contributed by atoms with E-state index >= 15 is 0 Å². The van der Waals surface area contributed by atoms with Crippen LogP contribution in [0.2, 0.25) is 0 Å². The van der Waals surface area contributed by atoms with Crippen LogP contribution in [0.4, 0.5) is 0 Å². The monoisotopic (exact) mass is 269 g/mol. The van der Waals surface area contributed by atoms with Gasteiger partial charge in [0.25, 0.3) is 0 Å². The van der Waals surface area contributed by atoms with Gasteiger partial charge in [-0.3, -0.25) is 0 Å². The first-order valence-corrected chi connectivity index (χ1v) is 8.62. The van der Waals surface area contributed by atoms with Crippen LogP contribution in [-0.2, 0) is 0 Å². The predicted octanol–water partition coefficient (Wildman–Crippen LogP) is 5.79. The van der Waals surface area contributed by atoms with Crippen LogP contribution in [0, 0.1) is 11.8 Å². The van der Waals surface area contributed by atoms with Crippen molar-refractivity contribution in [2.75, 3.05) is 6.54 Å². The molecule has 0 aliphatic rings. The molecule has 0 saturated heterocycles. The topological polar surface area (TPSA) is 12.0 Å². The maximum Gasteiger partial charge on any atom is 0.0127 e. The van der Waals surface area contributed by atoms with Crippen LogP contribution in [0.3, 0.4) is 0 Å². The Labute approximate surface area is 122 Å². The lowest BCUT2D eigenvalue weighted by atomic mass is 9.87. The number of nitrogens with one attached hydrogen (secondary N) is 1. The fraction of sp³-hybridized carbons (Fsp3) is 1.00. The first-order chi connectivity index (χ1) is 8.87. The first kappa shape index (κ1) is 19.0. The van der Waals surface area contributed by atoms with Gasteiger partial charge in [-0.2, -0.15) is 0 Å². The highest BCUT2D eigenvalue weighted by Gasteiger charge is 2.19. The van der Waals surface area contributed by atoms with E-state index in [2.05, 4.69) is 46.9 Å². The van der Waals surface area contributed by atoms with E-state index in [1.807, 2.05) is 0 Å². The number of unbranched alkanes of at least 4 members (excludes halogenated alkanes) is 3. The molecule has 0 aliphatic carbocycles. The molecule has 0 radical (unpaired) electrons. The van der Waals surface area contributed by atoms with Crippen molar-refractivity contribution >= 4 is 0 Å². The Morgan fingerprint density at radius 3 is 2.16 bits per heavy atom. The van der Waals surface area contributed by atoms with Crippen molar-refractivity contribution in [1.29, 1.82) is 0 Å². The summed E-state index contributed by atoms with van der Waals surface area (Å²) >= 11 is 0. The van der Waals surface area contributed by atoms with Gasteiger partial charge >= 0.3 is 0 Å². The molecule has 1 nitrogen and oxygen atoms in total. The van der Waals surface area contributed by atoms with E-state index in [-0.39, 0.29) is 0 Å². The zero-order valence-corrected chi connectivity index (χ0v) is 14.5. The number of rotatable bonds is 12. The predicted molar refractivity (Wildman–Crippen MR) is 88.7 cm³/mol. The smallest absolute Gasteiger partial charge is 0.0127 e. The van der Waals surface area contributed by atoms with Gasteiger partial charge < -0.3 is 5.32 Å². The lowest BCUT2D eigenvalue weighted by molar-refractivity contribution is 0.290. The van der Waals surface area contributed by atoms with Crippen LogP contribution in [0.15, 0.2) is 0 Å². The van der Waals surface area contributed by atoms with Crippen LogP contribution < -0.4 is 5.32 Å². The summed E-state index contributed by atoms with van der Waals surface area (Å²) in [7, 11) is 0. The summed E-state index contributed by atoms with van der Waals surface area (Å²) in [5.41, 5.74) is 0.309. The normalized spacial score (nSPS) is 14.1. The molecule has 1 heteroatoms. The summed E-state index contributed by atoms with van der Waals surface area (Å²) in [6, 6.07) is 0. The number of hydrogen-bond acceptors (Lipinski definition) is 1. The van der Waals surface area contributed by atoms with Crippen LogP contribution in [-0.4, -0.2) is 12.1 Å². The Morgan fingerprint density at radius 1 is 0.895 bits per heavy atom. The highest BCUT2D eigenvalue weighted by molar-refractivity contribution is 4.79. The van der Waals surface area contributed by atoms with Crippen molar-refractivity contribution in [1.82, 2.24) is 5.32 Å². The van der Waals surface area contributed by atoms with Gasteiger partial charge in [0.2, 0.25) is 0 Å². The third-order valence-electron chi connectivity index (χ3n) is 3.97. The van der Waals surface area contributed by atoms with E-state index in [1.54, 1.807) is 0 Å². The van der Waals surface area contributed by atoms with Gasteiger partial charge in [-0.15, -0.1) is 0 Å². The first-order valence-electron chi connectivity index (χ1n) is 8.62. The van der Waals surface area contributed by atoms with E-state index < -0.39 is 0 Å². The van der Waals surface area contributed by atoms with Crippen molar-refractivity contribution in [3.05, 3.63) is 0 Å². The Bertz CT molecular complexity index is 196. The fourth-order valence-electron chi connectivity index (χ4n) is 2.90. The average Bonchev–Trinajstić information content (AvgIpc) is 2.27. The van der Waals surface area contributed by atoms with Gasteiger partial charge in [-0.25, -0.2) is 0 Å². The molecule has 0 saturated carbocycles. The van der Waals surface area contributed by atoms with Gasteiger partial charge in [0.05, 0.1) is 0 Å². The molecule has 0 spiro atoms. The summed E-state index contributed by atoms with van der Waals surface area (Å²) in [4.78, 5) is 0. The Morgan fingerprint density at radius 2 is 1.58 bits per heavy atom. The van der Waals surface area contributed by atoms with Gasteiger partial charge in [0.1, 0.15) is 0 Å². The van der Waals surface area contributed by atoms with E-state index in [1.165, 1.54) is 57.9 Å². The van der Waals surface area contributed by atoms with Crippen LogP contribution in [0.5, 0.6) is 0 Å². The van der Waals surface area contributed by atoms with E-state index in [0.717, 1.165) is 11.8 Å². The maximum atomic E-state index is 3.75. The number of hydrogen-bond donors (Lipinski definition) is 1. The second kappa shape index (κ2) is 10.7. The summed E-state index contributed by atoms with van der Waals surface area (Å²) < 4.78 is 0. The molecule has 0 fully saturated rings. The lowest BCUT2D eigenvalue weighted by Gasteiger charge is -2.30. The molecule has 0 aromatic rings. The van der Waals surface area contributed by atoms with Gasteiger partial charge in [-0.1, -0.05) is 66.2 Å². The molecule has 0 amide bonds. The van der Waals surface area contributed by atoms with Crippen molar-refractivity contribution in [3.63, 3.8) is 0 Å². The largest absolute Gasteiger partial charge is 0.312 e. The molecule has 0 aromatic heterocycles. The Hall–Kier alpha value is -0.0400. The molecule has 0 aromatic carbocycles. The molecule has 0 heterocycles. The second-order valence-corrected chi connectivity index (χ2v) is 7.51. The van der Waals surface area contributed by atoms with E-state index in [9.17, 15) is 0 Å². The second-order valence-electron chi connectivity index (χ2n) is 7.51. The molecule has 19 heavy (non-hydrogen) atoms. The molecule has 116 valence electrons. The van der Waals surface area contributed by atoms with Crippen LogP contribution >= 0.6 is 0 Å². The summed E-state index contributed by atoms with van der Waals surface area (Å²) in [6.07, 6.45) is 10.9. The summed E-state index contributed by atoms with van der Waals surface area (Å²) in [5, 5.41) is 3.75. The fourth-order valence-corrected chi connectivity index (χ4v) is 2.90. The molecule has 1 unspecified atom stereocenters. The van der Waals surface area contributed by atoms with Crippen molar-refractivity contribution in [3.8, 4) is 0 Å². The lowest BCUT2D eigenvalue weighted by Crippen LogP contribution is -2.41. The quantitative estimate of drug-likeness (QED) is 0.442. The van der Waals surface area contributed by atoms with E-state index in [0.29, 0.717) is 5.54 Å².